The third-order valence-corrected chi connectivity index (χ3v) is 3.83. The van der Waals surface area contributed by atoms with Gasteiger partial charge in [0, 0.05) is 40.5 Å². The van der Waals surface area contributed by atoms with Gasteiger partial charge in [-0.05, 0) is 25.1 Å². The topological polar surface area (TPSA) is 29.1 Å². The fourth-order valence-corrected chi connectivity index (χ4v) is 2.12. The lowest BCUT2D eigenvalue weighted by Gasteiger charge is -2.14. The summed E-state index contributed by atoms with van der Waals surface area (Å²) in [6.07, 6.45) is 0. The fraction of sp³-hybridized carbons (Fsp3) is 0.500. The van der Waals surface area contributed by atoms with E-state index >= 15 is 0 Å². The zero-order chi connectivity index (χ0) is 12.8. The van der Waals surface area contributed by atoms with Crippen molar-refractivity contribution in [2.24, 2.45) is 0 Å². The summed E-state index contributed by atoms with van der Waals surface area (Å²) in [5.41, 5.74) is 0.298. The highest BCUT2D eigenvalue weighted by atomic mass is 32.2. The van der Waals surface area contributed by atoms with Crippen molar-refractivity contribution in [1.82, 2.24) is 5.32 Å². The molecule has 0 aliphatic rings. The van der Waals surface area contributed by atoms with Gasteiger partial charge >= 0.3 is 0 Å². The highest BCUT2D eigenvalue weighted by Crippen LogP contribution is 2.17. The van der Waals surface area contributed by atoms with E-state index < -0.39 is 22.4 Å². The van der Waals surface area contributed by atoms with Crippen LogP contribution in [0, 0.1) is 11.6 Å². The first-order chi connectivity index (χ1) is 8.04. The van der Waals surface area contributed by atoms with E-state index in [1.807, 2.05) is 6.92 Å². The zero-order valence-electron chi connectivity index (χ0n) is 10.0. The van der Waals surface area contributed by atoms with Gasteiger partial charge in [0.15, 0.2) is 0 Å². The Morgan fingerprint density at radius 3 is 2.76 bits per heavy atom. The molecule has 0 saturated carbocycles. The van der Waals surface area contributed by atoms with E-state index in [2.05, 4.69) is 5.32 Å². The molecule has 96 valence electrons. The van der Waals surface area contributed by atoms with Crippen molar-refractivity contribution in [3.05, 3.63) is 35.4 Å². The molecule has 0 fully saturated rings. The molecule has 1 aromatic carbocycles. The zero-order valence-corrected chi connectivity index (χ0v) is 10.8. The van der Waals surface area contributed by atoms with Crippen LogP contribution < -0.4 is 5.32 Å². The van der Waals surface area contributed by atoms with Crippen LogP contribution in [0.1, 0.15) is 25.5 Å². The molecule has 0 aromatic heterocycles. The van der Waals surface area contributed by atoms with Crippen molar-refractivity contribution in [2.45, 2.75) is 19.9 Å². The molecule has 0 aliphatic carbocycles. The van der Waals surface area contributed by atoms with Gasteiger partial charge in [0.1, 0.15) is 11.6 Å². The average Bonchev–Trinajstić information content (AvgIpc) is 2.31. The summed E-state index contributed by atoms with van der Waals surface area (Å²) in [7, 11) is -0.840. The smallest absolute Gasteiger partial charge is 0.128 e. The minimum atomic E-state index is -0.840. The van der Waals surface area contributed by atoms with Gasteiger partial charge in [-0.25, -0.2) is 8.78 Å². The minimum absolute atomic E-state index is 0.292. The van der Waals surface area contributed by atoms with Crippen LogP contribution in [0.4, 0.5) is 8.78 Å². The summed E-state index contributed by atoms with van der Waals surface area (Å²) >= 11 is 0. The quantitative estimate of drug-likeness (QED) is 0.852. The van der Waals surface area contributed by atoms with Crippen molar-refractivity contribution >= 4 is 10.8 Å². The molecule has 1 N–H and O–H groups in total. The van der Waals surface area contributed by atoms with Gasteiger partial charge in [-0.15, -0.1) is 0 Å². The number of hydrogen-bond donors (Lipinski definition) is 1. The van der Waals surface area contributed by atoms with Crippen molar-refractivity contribution in [2.75, 3.05) is 18.1 Å². The van der Waals surface area contributed by atoms with Crippen molar-refractivity contribution in [1.29, 1.82) is 0 Å². The molecule has 0 heterocycles. The second-order valence-electron chi connectivity index (χ2n) is 3.77. The standard InChI is InChI=1S/C12H17F2NOS/c1-3-17(16)7-6-15-9(2)11-8-10(13)4-5-12(11)14/h4-5,8-9,15H,3,6-7H2,1-2H3. The van der Waals surface area contributed by atoms with Crippen molar-refractivity contribution < 1.29 is 13.0 Å². The van der Waals surface area contributed by atoms with E-state index in [4.69, 9.17) is 0 Å². The van der Waals surface area contributed by atoms with Crippen LogP contribution >= 0.6 is 0 Å². The third kappa shape index (κ3) is 4.52. The predicted octanol–water partition coefficient (Wildman–Crippen LogP) is 2.38. The van der Waals surface area contributed by atoms with Crippen LogP contribution in [0.3, 0.4) is 0 Å². The Bertz CT molecular complexity index is 398. The molecule has 0 amide bonds. The number of nitrogens with one attached hydrogen (secondary N) is 1. The Hall–Kier alpha value is -0.810. The lowest BCUT2D eigenvalue weighted by atomic mass is 10.1. The number of halogens is 2. The fourth-order valence-electron chi connectivity index (χ4n) is 1.49. The van der Waals surface area contributed by atoms with Gasteiger partial charge in [0.2, 0.25) is 0 Å². The third-order valence-electron chi connectivity index (χ3n) is 2.53. The molecule has 2 nitrogen and oxygen atoms in total. The molecule has 0 bridgehead atoms. The van der Waals surface area contributed by atoms with Crippen LogP contribution in [-0.2, 0) is 10.8 Å². The Balaban J connectivity index is 2.54. The molecule has 2 unspecified atom stereocenters. The van der Waals surface area contributed by atoms with E-state index in [1.54, 1.807) is 6.92 Å². The Kier molecular flexibility index (Phi) is 5.71. The summed E-state index contributed by atoms with van der Waals surface area (Å²) in [5, 5.41) is 3.03. The maximum atomic E-state index is 13.4. The van der Waals surface area contributed by atoms with Gasteiger partial charge < -0.3 is 5.32 Å². The number of hydrogen-bond acceptors (Lipinski definition) is 2. The molecular weight excluding hydrogens is 244 g/mol. The summed E-state index contributed by atoms with van der Waals surface area (Å²) in [6.45, 7) is 4.13. The van der Waals surface area contributed by atoms with Crippen molar-refractivity contribution in [3.63, 3.8) is 0 Å². The summed E-state index contributed by atoms with van der Waals surface area (Å²) < 4.78 is 37.6. The molecule has 5 heteroatoms. The molecule has 0 spiro atoms. The molecule has 1 aromatic rings. The summed E-state index contributed by atoms with van der Waals surface area (Å²) in [6, 6.07) is 3.11. The lowest BCUT2D eigenvalue weighted by Crippen LogP contribution is -2.25. The molecule has 2 atom stereocenters. The minimum Gasteiger partial charge on any atom is -0.309 e. The van der Waals surface area contributed by atoms with Crippen LogP contribution in [0.25, 0.3) is 0 Å². The first kappa shape index (κ1) is 14.3. The Morgan fingerprint density at radius 1 is 1.41 bits per heavy atom. The van der Waals surface area contributed by atoms with E-state index in [9.17, 15) is 13.0 Å². The first-order valence-electron chi connectivity index (χ1n) is 5.58. The maximum absolute atomic E-state index is 13.4. The Labute approximate surface area is 103 Å². The monoisotopic (exact) mass is 261 g/mol. The number of benzene rings is 1. The average molecular weight is 261 g/mol. The normalized spacial score (nSPS) is 14.6. The molecule has 0 saturated heterocycles. The van der Waals surface area contributed by atoms with E-state index in [0.29, 0.717) is 23.6 Å². The van der Waals surface area contributed by atoms with Gasteiger partial charge in [-0.2, -0.15) is 0 Å². The van der Waals surface area contributed by atoms with Gasteiger partial charge in [0.05, 0.1) is 0 Å². The van der Waals surface area contributed by atoms with E-state index in [0.717, 1.165) is 12.1 Å². The van der Waals surface area contributed by atoms with E-state index in [-0.39, 0.29) is 6.04 Å². The van der Waals surface area contributed by atoms with Crippen molar-refractivity contribution in [3.8, 4) is 0 Å². The van der Waals surface area contributed by atoms with Crippen LogP contribution in [0.5, 0.6) is 0 Å². The second-order valence-corrected chi connectivity index (χ2v) is 5.64. The molecule has 17 heavy (non-hydrogen) atoms. The van der Waals surface area contributed by atoms with E-state index in [1.165, 1.54) is 6.07 Å². The highest BCUT2D eigenvalue weighted by Gasteiger charge is 2.11. The highest BCUT2D eigenvalue weighted by molar-refractivity contribution is 7.84. The SMILES string of the molecule is CCS(=O)CCNC(C)c1cc(F)ccc1F. The molecular formula is C12H17F2NOS. The van der Waals surface area contributed by atoms with Gasteiger partial charge in [-0.1, -0.05) is 6.92 Å². The maximum Gasteiger partial charge on any atom is 0.128 e. The molecule has 0 aliphatic heterocycles. The van der Waals surface area contributed by atoms with Crippen LogP contribution in [0.15, 0.2) is 18.2 Å². The second kappa shape index (κ2) is 6.81. The predicted molar refractivity (Wildman–Crippen MR) is 66.3 cm³/mol. The largest absolute Gasteiger partial charge is 0.309 e. The summed E-state index contributed by atoms with van der Waals surface area (Å²) in [5.74, 6) is 0.262. The van der Waals surface area contributed by atoms with Gasteiger partial charge in [-0.3, -0.25) is 4.21 Å². The number of rotatable bonds is 6. The summed E-state index contributed by atoms with van der Waals surface area (Å²) in [4.78, 5) is 0. The molecule has 0 radical (unpaired) electrons. The van der Waals surface area contributed by atoms with Gasteiger partial charge in [0.25, 0.3) is 0 Å². The lowest BCUT2D eigenvalue weighted by molar-refractivity contribution is 0.529. The Morgan fingerprint density at radius 2 is 2.12 bits per heavy atom. The first-order valence-corrected chi connectivity index (χ1v) is 7.06. The molecule has 1 rings (SSSR count). The van der Waals surface area contributed by atoms with Crippen LogP contribution in [-0.4, -0.2) is 22.3 Å². The van der Waals surface area contributed by atoms with Crippen LogP contribution in [0.2, 0.25) is 0 Å².